The highest BCUT2D eigenvalue weighted by Crippen LogP contribution is 2.29. The van der Waals surface area contributed by atoms with Gasteiger partial charge in [0.25, 0.3) is 5.91 Å². The number of anilines is 1. The Bertz CT molecular complexity index is 567. The lowest BCUT2D eigenvalue weighted by Gasteiger charge is -2.34. The minimum Gasteiger partial charge on any atom is -0.373 e. The average molecular weight is 352 g/mol. The van der Waals surface area contributed by atoms with E-state index >= 15 is 0 Å². The Kier molecular flexibility index (Phi) is 5.76. The number of nitrogens with zero attached hydrogens (tertiary/aromatic N) is 2. The Hall–Kier alpha value is -1.14. The van der Waals surface area contributed by atoms with Crippen LogP contribution in [-0.4, -0.2) is 43.2 Å². The van der Waals surface area contributed by atoms with Crippen molar-refractivity contribution in [3.05, 3.63) is 10.6 Å². The summed E-state index contributed by atoms with van der Waals surface area (Å²) in [4.78, 5) is 19.9. The van der Waals surface area contributed by atoms with Crippen molar-refractivity contribution in [2.45, 2.75) is 76.5 Å². The lowest BCUT2D eigenvalue weighted by molar-refractivity contribution is -0.0419. The summed E-state index contributed by atoms with van der Waals surface area (Å²) in [5, 5.41) is 4.12. The predicted octanol–water partition coefficient (Wildman–Crippen LogP) is 3.52. The zero-order chi connectivity index (χ0) is 17.1. The molecule has 1 amide bonds. The Balaban J connectivity index is 1.64. The highest BCUT2D eigenvalue weighted by atomic mass is 32.1. The number of carbonyl (C=O) groups excluding carboxylic acids is 1. The van der Waals surface area contributed by atoms with Gasteiger partial charge in [0, 0.05) is 14.1 Å². The number of hydrogen-bond acceptors (Lipinski definition) is 5. The quantitative estimate of drug-likeness (QED) is 0.882. The maximum Gasteiger partial charge on any atom is 0.263 e. The molecule has 0 saturated heterocycles. The van der Waals surface area contributed by atoms with Crippen LogP contribution in [0, 0.1) is 6.92 Å². The maximum absolute atomic E-state index is 12.7. The van der Waals surface area contributed by atoms with Gasteiger partial charge in [0.2, 0.25) is 0 Å². The van der Waals surface area contributed by atoms with Crippen LogP contribution < -0.4 is 10.2 Å². The molecular weight excluding hydrogens is 322 g/mol. The number of thiazole rings is 1. The fourth-order valence-electron chi connectivity index (χ4n) is 3.71. The van der Waals surface area contributed by atoms with E-state index in [0.717, 1.165) is 28.5 Å². The van der Waals surface area contributed by atoms with Gasteiger partial charge in [0.15, 0.2) is 5.13 Å². The summed E-state index contributed by atoms with van der Waals surface area (Å²) >= 11 is 1.46. The summed E-state index contributed by atoms with van der Waals surface area (Å²) in [6.07, 6.45) is 9.94. The van der Waals surface area contributed by atoms with Crippen LogP contribution in [0.1, 0.15) is 66.7 Å². The van der Waals surface area contributed by atoms with E-state index < -0.39 is 0 Å². The fraction of sp³-hybridized carbons (Fsp3) is 0.778. The van der Waals surface area contributed by atoms with E-state index in [0.29, 0.717) is 6.10 Å². The SMILES string of the molecule is Cc1nc(N(C)C)sc1C(=O)N[C@H]1CCCC[C@@H]1OC1CCCC1. The molecule has 1 N–H and O–H groups in total. The average Bonchev–Trinajstić information content (AvgIpc) is 3.18. The van der Waals surface area contributed by atoms with E-state index in [2.05, 4.69) is 10.3 Å². The van der Waals surface area contributed by atoms with E-state index in [-0.39, 0.29) is 18.1 Å². The first-order chi connectivity index (χ1) is 11.5. The van der Waals surface area contributed by atoms with Gasteiger partial charge in [-0.05, 0) is 32.6 Å². The summed E-state index contributed by atoms with van der Waals surface area (Å²) in [5.74, 6) is 0.00465. The van der Waals surface area contributed by atoms with Crippen LogP contribution in [0.2, 0.25) is 0 Å². The molecule has 6 heteroatoms. The second kappa shape index (κ2) is 7.83. The first-order valence-electron chi connectivity index (χ1n) is 9.15. The molecule has 2 saturated carbocycles. The van der Waals surface area contributed by atoms with Gasteiger partial charge >= 0.3 is 0 Å². The molecule has 1 aromatic heterocycles. The number of ether oxygens (including phenoxy) is 1. The van der Waals surface area contributed by atoms with Crippen LogP contribution in [-0.2, 0) is 4.74 Å². The summed E-state index contributed by atoms with van der Waals surface area (Å²) < 4.78 is 6.34. The number of rotatable bonds is 5. The Morgan fingerprint density at radius 3 is 2.50 bits per heavy atom. The van der Waals surface area contributed by atoms with Crippen molar-refractivity contribution in [1.29, 1.82) is 0 Å². The molecule has 2 aliphatic carbocycles. The van der Waals surface area contributed by atoms with Gasteiger partial charge in [-0.15, -0.1) is 0 Å². The summed E-state index contributed by atoms with van der Waals surface area (Å²) in [6.45, 7) is 1.91. The second-order valence-corrected chi connectivity index (χ2v) is 8.23. The number of aryl methyl sites for hydroxylation is 1. The van der Waals surface area contributed by atoms with E-state index in [1.165, 1.54) is 49.9 Å². The van der Waals surface area contributed by atoms with Crippen molar-refractivity contribution in [2.24, 2.45) is 0 Å². The molecule has 2 atom stereocenters. The van der Waals surface area contributed by atoms with Gasteiger partial charge in [-0.25, -0.2) is 4.98 Å². The molecule has 0 aliphatic heterocycles. The van der Waals surface area contributed by atoms with E-state index in [1.807, 2.05) is 25.9 Å². The van der Waals surface area contributed by atoms with Gasteiger partial charge in [-0.1, -0.05) is 37.0 Å². The van der Waals surface area contributed by atoms with Crippen molar-refractivity contribution in [3.63, 3.8) is 0 Å². The Labute approximate surface area is 148 Å². The monoisotopic (exact) mass is 351 g/mol. The Morgan fingerprint density at radius 1 is 1.17 bits per heavy atom. The zero-order valence-electron chi connectivity index (χ0n) is 15.0. The van der Waals surface area contributed by atoms with Crippen molar-refractivity contribution in [1.82, 2.24) is 10.3 Å². The molecular formula is C18H29N3O2S. The van der Waals surface area contributed by atoms with Crippen molar-refractivity contribution in [2.75, 3.05) is 19.0 Å². The topological polar surface area (TPSA) is 54.5 Å². The zero-order valence-corrected chi connectivity index (χ0v) is 15.8. The number of amides is 1. The summed E-state index contributed by atoms with van der Waals surface area (Å²) in [7, 11) is 3.90. The highest BCUT2D eigenvalue weighted by molar-refractivity contribution is 7.17. The molecule has 0 bridgehead atoms. The first-order valence-corrected chi connectivity index (χ1v) is 9.97. The Morgan fingerprint density at radius 2 is 1.83 bits per heavy atom. The largest absolute Gasteiger partial charge is 0.373 e. The molecule has 0 aromatic carbocycles. The number of carbonyl (C=O) groups is 1. The number of aromatic nitrogens is 1. The smallest absolute Gasteiger partial charge is 0.263 e. The predicted molar refractivity (Wildman–Crippen MR) is 98.0 cm³/mol. The number of hydrogen-bond donors (Lipinski definition) is 1. The van der Waals surface area contributed by atoms with Crippen LogP contribution in [0.5, 0.6) is 0 Å². The third kappa shape index (κ3) is 4.09. The molecule has 1 aromatic rings. The van der Waals surface area contributed by atoms with Crippen molar-refractivity contribution in [3.8, 4) is 0 Å². The second-order valence-electron chi connectivity index (χ2n) is 7.25. The van der Waals surface area contributed by atoms with Crippen LogP contribution >= 0.6 is 11.3 Å². The maximum atomic E-state index is 12.7. The van der Waals surface area contributed by atoms with Crippen LogP contribution in [0.15, 0.2) is 0 Å². The highest BCUT2D eigenvalue weighted by Gasteiger charge is 2.31. The van der Waals surface area contributed by atoms with Gasteiger partial charge in [-0.2, -0.15) is 0 Å². The van der Waals surface area contributed by atoms with Crippen LogP contribution in [0.4, 0.5) is 5.13 Å². The third-order valence-corrected chi connectivity index (χ3v) is 6.39. The van der Waals surface area contributed by atoms with E-state index in [1.54, 1.807) is 0 Å². The molecule has 0 radical (unpaired) electrons. The molecule has 134 valence electrons. The van der Waals surface area contributed by atoms with Gasteiger partial charge in [0.05, 0.1) is 23.9 Å². The molecule has 3 rings (SSSR count). The van der Waals surface area contributed by atoms with Gasteiger partial charge < -0.3 is 15.0 Å². The molecule has 0 spiro atoms. The minimum absolute atomic E-state index is 0.00465. The van der Waals surface area contributed by atoms with E-state index in [4.69, 9.17) is 4.74 Å². The summed E-state index contributed by atoms with van der Waals surface area (Å²) in [5.41, 5.74) is 0.810. The minimum atomic E-state index is 0.00465. The fourth-order valence-corrected chi connectivity index (χ4v) is 4.61. The van der Waals surface area contributed by atoms with Crippen molar-refractivity contribution < 1.29 is 9.53 Å². The molecule has 0 unspecified atom stereocenters. The molecule has 5 nitrogen and oxygen atoms in total. The molecule has 24 heavy (non-hydrogen) atoms. The molecule has 2 aliphatic rings. The number of nitrogens with one attached hydrogen (secondary N) is 1. The van der Waals surface area contributed by atoms with E-state index in [9.17, 15) is 4.79 Å². The van der Waals surface area contributed by atoms with Gasteiger partial charge in [-0.3, -0.25) is 4.79 Å². The van der Waals surface area contributed by atoms with Crippen LogP contribution in [0.3, 0.4) is 0 Å². The van der Waals surface area contributed by atoms with Crippen molar-refractivity contribution >= 4 is 22.4 Å². The third-order valence-electron chi connectivity index (χ3n) is 5.06. The van der Waals surface area contributed by atoms with Crippen LogP contribution in [0.25, 0.3) is 0 Å². The normalized spacial score (nSPS) is 25.0. The van der Waals surface area contributed by atoms with Gasteiger partial charge in [0.1, 0.15) is 4.88 Å². The standard InChI is InChI=1S/C18H29N3O2S/c1-12-16(24-18(19-12)21(2)3)17(22)20-14-10-6-7-11-15(14)23-13-8-4-5-9-13/h13-15H,4-11H2,1-3H3,(H,20,22)/t14-,15-/m0/s1. The lowest BCUT2D eigenvalue weighted by Crippen LogP contribution is -2.47. The molecule has 2 fully saturated rings. The molecule has 1 heterocycles. The lowest BCUT2D eigenvalue weighted by atomic mass is 9.92. The summed E-state index contributed by atoms with van der Waals surface area (Å²) in [6, 6.07) is 0.135. The first kappa shape index (κ1) is 17.7.